The average molecular weight is 385 g/mol. The third-order valence-corrected chi connectivity index (χ3v) is 6.49. The van der Waals surface area contributed by atoms with Gasteiger partial charge in [-0.1, -0.05) is 25.6 Å². The Morgan fingerprint density at radius 3 is 2.41 bits per heavy atom. The molecule has 0 radical (unpaired) electrons. The maximum absolute atomic E-state index is 12.8. The van der Waals surface area contributed by atoms with E-state index >= 15 is 0 Å². The van der Waals surface area contributed by atoms with Crippen LogP contribution in [-0.2, 0) is 16.5 Å². The number of fused-ring (bicyclic) bond motifs is 1. The standard InChI is InChI=1S/C20H19NO5S/c1-12-11-15-5-10-18(13(2)14-3-4-14)20(19(12)15)26-27(24,25)17-8-6-16(7-9-17)21(22)23/h5-10,12,14H,2-4,11H2,1H3. The van der Waals surface area contributed by atoms with E-state index < -0.39 is 15.0 Å². The molecule has 0 saturated heterocycles. The van der Waals surface area contributed by atoms with Gasteiger partial charge in [-0.05, 0) is 54.4 Å². The molecule has 0 bridgehead atoms. The van der Waals surface area contributed by atoms with Gasteiger partial charge in [0.05, 0.1) is 4.92 Å². The first-order valence-electron chi connectivity index (χ1n) is 8.82. The summed E-state index contributed by atoms with van der Waals surface area (Å²) in [5.74, 6) is 0.957. The van der Waals surface area contributed by atoms with Gasteiger partial charge in [-0.3, -0.25) is 10.1 Å². The lowest BCUT2D eigenvalue weighted by atomic mass is 9.76. The fraction of sp³-hybridized carbons (Fsp3) is 0.300. The van der Waals surface area contributed by atoms with Crippen LogP contribution in [0, 0.1) is 16.0 Å². The lowest BCUT2D eigenvalue weighted by Crippen LogP contribution is -2.20. The number of benzene rings is 2. The summed E-state index contributed by atoms with van der Waals surface area (Å²) in [4.78, 5) is 10.1. The lowest BCUT2D eigenvalue weighted by Gasteiger charge is -2.31. The van der Waals surface area contributed by atoms with Crippen LogP contribution in [0.2, 0.25) is 0 Å². The Labute approximate surface area is 157 Å². The summed E-state index contributed by atoms with van der Waals surface area (Å²) < 4.78 is 31.2. The molecular weight excluding hydrogens is 366 g/mol. The number of non-ortho nitro benzene ring substituents is 1. The van der Waals surface area contributed by atoms with Crippen molar-refractivity contribution in [2.45, 2.75) is 37.0 Å². The highest BCUT2D eigenvalue weighted by molar-refractivity contribution is 7.87. The zero-order valence-electron chi connectivity index (χ0n) is 14.8. The van der Waals surface area contributed by atoms with E-state index in [1.807, 2.05) is 19.1 Å². The van der Waals surface area contributed by atoms with Crippen molar-refractivity contribution in [2.24, 2.45) is 5.92 Å². The highest BCUT2D eigenvalue weighted by Crippen LogP contribution is 2.50. The van der Waals surface area contributed by atoms with Crippen LogP contribution >= 0.6 is 0 Å². The number of nitrogens with zero attached hydrogens (tertiary/aromatic N) is 1. The van der Waals surface area contributed by atoms with Crippen LogP contribution in [0.3, 0.4) is 0 Å². The van der Waals surface area contributed by atoms with E-state index in [4.69, 9.17) is 4.18 Å². The van der Waals surface area contributed by atoms with Crippen LogP contribution in [0.4, 0.5) is 5.69 Å². The van der Waals surface area contributed by atoms with E-state index in [2.05, 4.69) is 6.58 Å². The predicted molar refractivity (Wildman–Crippen MR) is 101 cm³/mol. The van der Waals surface area contributed by atoms with Gasteiger partial charge in [0.15, 0.2) is 5.75 Å². The fourth-order valence-corrected chi connectivity index (χ4v) is 4.51. The second-order valence-corrected chi connectivity index (χ2v) is 8.75. The highest BCUT2D eigenvalue weighted by atomic mass is 32.2. The molecule has 1 atom stereocenters. The second kappa shape index (κ2) is 6.20. The van der Waals surface area contributed by atoms with Crippen molar-refractivity contribution < 1.29 is 17.5 Å². The monoisotopic (exact) mass is 385 g/mol. The normalized spacial score (nSPS) is 18.3. The molecule has 2 aromatic carbocycles. The molecule has 1 fully saturated rings. The molecule has 0 aromatic heterocycles. The highest BCUT2D eigenvalue weighted by Gasteiger charge is 2.34. The van der Waals surface area contributed by atoms with E-state index in [1.165, 1.54) is 12.1 Å². The summed E-state index contributed by atoms with van der Waals surface area (Å²) in [5.41, 5.74) is 3.48. The van der Waals surface area contributed by atoms with Gasteiger partial charge in [0.25, 0.3) is 5.69 Å². The van der Waals surface area contributed by atoms with Gasteiger partial charge in [-0.25, -0.2) is 0 Å². The molecule has 0 spiro atoms. The molecule has 7 heteroatoms. The summed E-state index contributed by atoms with van der Waals surface area (Å²) in [6.07, 6.45) is 3.00. The van der Waals surface area contributed by atoms with Crippen LogP contribution in [0.5, 0.6) is 5.75 Å². The van der Waals surface area contributed by atoms with E-state index in [0.29, 0.717) is 11.7 Å². The minimum absolute atomic E-state index is 0.110. The van der Waals surface area contributed by atoms with Gasteiger partial charge in [0.1, 0.15) is 4.90 Å². The van der Waals surface area contributed by atoms with Crippen LogP contribution in [0.25, 0.3) is 5.57 Å². The fourth-order valence-electron chi connectivity index (χ4n) is 3.55. The van der Waals surface area contributed by atoms with E-state index in [1.54, 1.807) is 0 Å². The number of rotatable bonds is 6. The van der Waals surface area contributed by atoms with Gasteiger partial charge >= 0.3 is 10.1 Å². The lowest BCUT2D eigenvalue weighted by molar-refractivity contribution is -0.384. The largest absolute Gasteiger partial charge is 0.378 e. The first-order chi connectivity index (χ1) is 12.8. The van der Waals surface area contributed by atoms with Crippen LogP contribution in [0.1, 0.15) is 42.4 Å². The zero-order valence-corrected chi connectivity index (χ0v) is 15.7. The number of nitro benzene ring substituents is 1. The summed E-state index contributed by atoms with van der Waals surface area (Å²) in [6, 6.07) is 8.62. The van der Waals surface area contributed by atoms with Gasteiger partial charge in [-0.15, -0.1) is 0 Å². The van der Waals surface area contributed by atoms with Crippen LogP contribution in [0.15, 0.2) is 47.9 Å². The van der Waals surface area contributed by atoms with Gasteiger partial charge < -0.3 is 4.18 Å². The van der Waals surface area contributed by atoms with Crippen molar-refractivity contribution in [1.82, 2.24) is 0 Å². The molecule has 6 nitrogen and oxygen atoms in total. The Morgan fingerprint density at radius 2 is 1.85 bits per heavy atom. The maximum atomic E-state index is 12.8. The van der Waals surface area contributed by atoms with Crippen molar-refractivity contribution >= 4 is 21.4 Å². The van der Waals surface area contributed by atoms with E-state index in [-0.39, 0.29) is 16.5 Å². The molecule has 4 rings (SSSR count). The summed E-state index contributed by atoms with van der Waals surface area (Å²) in [5, 5.41) is 10.8. The Morgan fingerprint density at radius 1 is 1.19 bits per heavy atom. The topological polar surface area (TPSA) is 86.5 Å². The quantitative estimate of drug-likeness (QED) is 0.417. The molecule has 1 saturated carbocycles. The zero-order chi connectivity index (χ0) is 19.3. The average Bonchev–Trinajstić information content (AvgIpc) is 3.45. The Bertz CT molecular complexity index is 1050. The molecule has 0 heterocycles. The molecule has 2 aromatic rings. The molecule has 0 N–H and O–H groups in total. The number of hydrogen-bond donors (Lipinski definition) is 0. The first-order valence-corrected chi connectivity index (χ1v) is 10.2. The van der Waals surface area contributed by atoms with Crippen molar-refractivity contribution in [2.75, 3.05) is 0 Å². The molecule has 2 aliphatic rings. The van der Waals surface area contributed by atoms with Gasteiger partial charge in [0.2, 0.25) is 0 Å². The minimum Gasteiger partial charge on any atom is -0.378 e. The van der Waals surface area contributed by atoms with Crippen molar-refractivity contribution in [3.8, 4) is 5.75 Å². The summed E-state index contributed by atoms with van der Waals surface area (Å²) >= 11 is 0. The third kappa shape index (κ3) is 3.12. The summed E-state index contributed by atoms with van der Waals surface area (Å²) in [7, 11) is -4.11. The molecule has 0 aliphatic heterocycles. The molecular formula is C20H19NO5S. The molecule has 1 unspecified atom stereocenters. The Hall–Kier alpha value is -2.67. The van der Waals surface area contributed by atoms with Crippen molar-refractivity contribution in [3.63, 3.8) is 0 Å². The number of allylic oxidation sites excluding steroid dienone is 1. The minimum atomic E-state index is -4.11. The van der Waals surface area contributed by atoms with Gasteiger partial charge in [0, 0.05) is 23.3 Å². The second-order valence-electron chi connectivity index (χ2n) is 7.21. The summed E-state index contributed by atoms with van der Waals surface area (Å²) in [6.45, 7) is 6.19. The van der Waals surface area contributed by atoms with Crippen LogP contribution < -0.4 is 4.18 Å². The van der Waals surface area contributed by atoms with Gasteiger partial charge in [-0.2, -0.15) is 8.42 Å². The van der Waals surface area contributed by atoms with Crippen LogP contribution in [-0.4, -0.2) is 13.3 Å². The predicted octanol–water partition coefficient (Wildman–Crippen LogP) is 4.45. The molecule has 2 aliphatic carbocycles. The maximum Gasteiger partial charge on any atom is 0.339 e. The molecule has 27 heavy (non-hydrogen) atoms. The van der Waals surface area contributed by atoms with Crippen molar-refractivity contribution in [3.05, 3.63) is 69.8 Å². The molecule has 140 valence electrons. The van der Waals surface area contributed by atoms with E-state index in [0.717, 1.165) is 53.7 Å². The Balaban J connectivity index is 1.73. The SMILES string of the molecule is C=C(c1ccc2c(c1OS(=O)(=O)c1ccc([N+](=O)[O-])cc1)C(C)C2)C1CC1. The van der Waals surface area contributed by atoms with Crippen molar-refractivity contribution in [1.29, 1.82) is 0 Å². The smallest absolute Gasteiger partial charge is 0.339 e. The molecule has 0 amide bonds. The van der Waals surface area contributed by atoms with E-state index in [9.17, 15) is 18.5 Å². The number of nitro groups is 1. The Kier molecular flexibility index (Phi) is 4.07. The first kappa shape index (κ1) is 17.7. The number of hydrogen-bond acceptors (Lipinski definition) is 5. The third-order valence-electron chi connectivity index (χ3n) is 5.25.